The smallest absolute Gasteiger partial charge is 0.325 e. The highest BCUT2D eigenvalue weighted by atomic mass is 32.1. The third kappa shape index (κ3) is 3.85. The second-order valence-electron chi connectivity index (χ2n) is 6.64. The molecule has 0 aliphatic rings. The van der Waals surface area contributed by atoms with E-state index < -0.39 is 11.9 Å². The van der Waals surface area contributed by atoms with Gasteiger partial charge in [0, 0.05) is 11.7 Å². The molecular weight excluding hydrogens is 364 g/mol. The van der Waals surface area contributed by atoms with Gasteiger partial charge in [0.2, 0.25) is 0 Å². The third-order valence-corrected chi connectivity index (χ3v) is 5.22. The van der Waals surface area contributed by atoms with Gasteiger partial charge in [0.15, 0.2) is 10.5 Å². The van der Waals surface area contributed by atoms with Crippen LogP contribution in [-0.2, 0) is 16.1 Å². The summed E-state index contributed by atoms with van der Waals surface area (Å²) < 4.78 is 9.24. The second kappa shape index (κ2) is 7.48. The predicted molar refractivity (Wildman–Crippen MR) is 104 cm³/mol. The number of methoxy groups -OCH3 is 1. The number of aryl methyl sites for hydroxylation is 2. The van der Waals surface area contributed by atoms with Gasteiger partial charge in [0.1, 0.15) is 6.54 Å². The minimum atomic E-state index is -0.431. The van der Waals surface area contributed by atoms with Crippen LogP contribution in [-0.4, -0.2) is 33.3 Å². The van der Waals surface area contributed by atoms with E-state index in [0.717, 1.165) is 21.5 Å². The van der Waals surface area contributed by atoms with Crippen LogP contribution in [0.5, 0.6) is 0 Å². The lowest BCUT2D eigenvalue weighted by molar-refractivity contribution is -0.141. The Hall–Kier alpha value is -2.74. The average Bonchev–Trinajstić information content (AvgIpc) is 3.15. The molecule has 0 atom stereocenters. The molecule has 0 saturated heterocycles. The van der Waals surface area contributed by atoms with Crippen LogP contribution in [0, 0.1) is 13.8 Å². The highest BCUT2D eigenvalue weighted by Gasteiger charge is 2.16. The minimum absolute atomic E-state index is 0.00879. The summed E-state index contributed by atoms with van der Waals surface area (Å²) in [5.41, 5.74) is 3.13. The van der Waals surface area contributed by atoms with E-state index in [2.05, 4.69) is 10.1 Å². The van der Waals surface area contributed by atoms with Gasteiger partial charge < -0.3 is 9.30 Å². The molecule has 2 aromatic heterocycles. The van der Waals surface area contributed by atoms with Gasteiger partial charge in [-0.15, -0.1) is 0 Å². The van der Waals surface area contributed by atoms with Crippen molar-refractivity contribution < 1.29 is 14.3 Å². The Morgan fingerprint density at radius 3 is 2.63 bits per heavy atom. The maximum absolute atomic E-state index is 12.7. The van der Waals surface area contributed by atoms with Crippen molar-refractivity contribution in [3.05, 3.63) is 46.0 Å². The number of ether oxygens (including phenoxy) is 1. The number of carbonyl (C=O) groups excluding carboxylic acids is 2. The Morgan fingerprint density at radius 1 is 1.26 bits per heavy atom. The first-order valence-electron chi connectivity index (χ1n) is 8.62. The van der Waals surface area contributed by atoms with Gasteiger partial charge in [0.25, 0.3) is 5.91 Å². The fourth-order valence-electron chi connectivity index (χ4n) is 2.87. The number of thiazole rings is 1. The summed E-state index contributed by atoms with van der Waals surface area (Å²) in [6, 6.07) is 7.78. The van der Waals surface area contributed by atoms with Crippen molar-refractivity contribution in [1.82, 2.24) is 14.3 Å². The van der Waals surface area contributed by atoms with Crippen LogP contribution in [0.15, 0.2) is 29.3 Å². The normalized spacial score (nSPS) is 12.1. The van der Waals surface area contributed by atoms with Gasteiger partial charge >= 0.3 is 5.97 Å². The van der Waals surface area contributed by atoms with Crippen LogP contribution in [0.25, 0.3) is 10.2 Å². The summed E-state index contributed by atoms with van der Waals surface area (Å²) in [5, 5.41) is 4.36. The number of aromatic nitrogens is 3. The van der Waals surface area contributed by atoms with Crippen LogP contribution in [0.3, 0.4) is 0 Å². The van der Waals surface area contributed by atoms with Gasteiger partial charge in [-0.25, -0.2) is 0 Å². The summed E-state index contributed by atoms with van der Waals surface area (Å²) in [4.78, 5) is 29.2. The Morgan fingerprint density at radius 2 is 2.00 bits per heavy atom. The molecule has 0 saturated carbocycles. The predicted octanol–water partition coefficient (Wildman–Crippen LogP) is 3.01. The van der Waals surface area contributed by atoms with Crippen molar-refractivity contribution in [2.24, 2.45) is 4.99 Å². The van der Waals surface area contributed by atoms with E-state index in [4.69, 9.17) is 4.74 Å². The highest BCUT2D eigenvalue weighted by Crippen LogP contribution is 2.19. The minimum Gasteiger partial charge on any atom is -0.468 e. The molecule has 0 spiro atoms. The lowest BCUT2D eigenvalue weighted by Gasteiger charge is -2.06. The second-order valence-corrected chi connectivity index (χ2v) is 7.65. The van der Waals surface area contributed by atoms with Gasteiger partial charge in [-0.3, -0.25) is 14.3 Å². The molecule has 0 N–H and O–H groups in total. The third-order valence-electron chi connectivity index (χ3n) is 4.18. The molecule has 0 bridgehead atoms. The largest absolute Gasteiger partial charge is 0.468 e. The summed E-state index contributed by atoms with van der Waals surface area (Å²) >= 11 is 1.36. The van der Waals surface area contributed by atoms with E-state index >= 15 is 0 Å². The number of hydrogen-bond donors (Lipinski definition) is 0. The monoisotopic (exact) mass is 386 g/mol. The zero-order valence-corrected chi connectivity index (χ0v) is 16.8. The summed E-state index contributed by atoms with van der Waals surface area (Å²) in [6.45, 7) is 7.90. The molecule has 0 radical (unpaired) electrons. The first kappa shape index (κ1) is 19.0. The molecule has 1 amide bonds. The molecule has 1 aromatic carbocycles. The molecule has 3 rings (SSSR count). The Kier molecular flexibility index (Phi) is 5.27. The molecule has 8 heteroatoms. The number of fused-ring (bicyclic) bond motifs is 1. The molecule has 2 heterocycles. The molecule has 0 unspecified atom stereocenters. The topological polar surface area (TPSA) is 78.5 Å². The van der Waals surface area contributed by atoms with E-state index in [9.17, 15) is 9.59 Å². The maximum Gasteiger partial charge on any atom is 0.325 e. The van der Waals surface area contributed by atoms with E-state index in [1.807, 2.05) is 45.9 Å². The lowest BCUT2D eigenvalue weighted by Crippen LogP contribution is -2.22. The van der Waals surface area contributed by atoms with Crippen molar-refractivity contribution in [1.29, 1.82) is 0 Å². The summed E-state index contributed by atoms with van der Waals surface area (Å²) in [5.74, 6) is -0.830. The highest BCUT2D eigenvalue weighted by molar-refractivity contribution is 7.16. The molecule has 27 heavy (non-hydrogen) atoms. The van der Waals surface area contributed by atoms with Crippen LogP contribution in [0.1, 0.15) is 41.6 Å². The van der Waals surface area contributed by atoms with Crippen molar-refractivity contribution in [2.45, 2.75) is 40.3 Å². The molecule has 142 valence electrons. The molecule has 3 aromatic rings. The zero-order valence-electron chi connectivity index (χ0n) is 16.0. The summed E-state index contributed by atoms with van der Waals surface area (Å²) in [6.07, 6.45) is 0. The van der Waals surface area contributed by atoms with Crippen molar-refractivity contribution in [2.75, 3.05) is 7.11 Å². The molecule has 0 aliphatic heterocycles. The van der Waals surface area contributed by atoms with E-state index in [0.29, 0.717) is 10.5 Å². The fraction of sp³-hybridized carbons (Fsp3) is 0.368. The van der Waals surface area contributed by atoms with E-state index in [-0.39, 0.29) is 12.6 Å². The lowest BCUT2D eigenvalue weighted by atomic mass is 10.2. The molecule has 0 aliphatic carbocycles. The number of nitrogens with zero attached hydrogens (tertiary/aromatic N) is 4. The Labute approximate surface area is 160 Å². The van der Waals surface area contributed by atoms with Gasteiger partial charge in [-0.1, -0.05) is 17.4 Å². The molecule has 0 fully saturated rings. The maximum atomic E-state index is 12.7. The van der Waals surface area contributed by atoms with Crippen LogP contribution in [0.4, 0.5) is 0 Å². The average molecular weight is 386 g/mol. The van der Waals surface area contributed by atoms with Gasteiger partial charge in [0.05, 0.1) is 17.3 Å². The SMILES string of the molecule is COC(=O)Cn1c(=NC(=O)c2cc(C)n(C(C)C)n2)sc2cc(C)ccc21. The van der Waals surface area contributed by atoms with Crippen LogP contribution in [0.2, 0.25) is 0 Å². The standard InChI is InChI=1S/C19H22N4O3S/c1-11(2)23-13(4)9-14(21-23)18(25)20-19-22(10-17(24)26-5)15-7-6-12(3)8-16(15)27-19/h6-9,11H,10H2,1-5H3. The number of rotatable bonds is 4. The number of carbonyl (C=O) groups is 2. The van der Waals surface area contributed by atoms with E-state index in [1.165, 1.54) is 18.4 Å². The summed E-state index contributed by atoms with van der Waals surface area (Å²) in [7, 11) is 1.34. The number of hydrogen-bond acceptors (Lipinski definition) is 5. The first-order valence-corrected chi connectivity index (χ1v) is 9.44. The Balaban J connectivity index is 2.11. The molecular formula is C19H22N4O3S. The van der Waals surface area contributed by atoms with E-state index in [1.54, 1.807) is 15.3 Å². The number of amides is 1. The number of esters is 1. The van der Waals surface area contributed by atoms with Crippen LogP contribution >= 0.6 is 11.3 Å². The Bertz CT molecular complexity index is 1090. The quantitative estimate of drug-likeness (QED) is 0.646. The molecule has 7 nitrogen and oxygen atoms in total. The van der Waals surface area contributed by atoms with Gasteiger partial charge in [-0.05, 0) is 51.5 Å². The van der Waals surface area contributed by atoms with Gasteiger partial charge in [-0.2, -0.15) is 10.1 Å². The van der Waals surface area contributed by atoms with Crippen LogP contribution < -0.4 is 4.80 Å². The van der Waals surface area contributed by atoms with Crippen molar-refractivity contribution in [3.63, 3.8) is 0 Å². The fourth-order valence-corrected chi connectivity index (χ4v) is 4.00. The zero-order chi connectivity index (χ0) is 19.7. The van der Waals surface area contributed by atoms with Crippen molar-refractivity contribution >= 4 is 33.4 Å². The number of benzene rings is 1. The first-order chi connectivity index (χ1) is 12.8. The van der Waals surface area contributed by atoms with Crippen molar-refractivity contribution in [3.8, 4) is 0 Å².